The molecule has 0 spiro atoms. The smallest absolute Gasteiger partial charge is 0.310 e. The van der Waals surface area contributed by atoms with Crippen molar-refractivity contribution in [1.29, 1.82) is 0 Å². The van der Waals surface area contributed by atoms with E-state index >= 15 is 0 Å². The van der Waals surface area contributed by atoms with Crippen molar-refractivity contribution >= 4 is 17.4 Å². The van der Waals surface area contributed by atoms with Gasteiger partial charge in [-0.25, -0.2) is 0 Å². The largest absolute Gasteiger partial charge is 0.481 e. The first-order valence-corrected chi connectivity index (χ1v) is 4.45. The highest BCUT2D eigenvalue weighted by Gasteiger charge is 1.98. The topological polar surface area (TPSA) is 80.4 Å². The monoisotopic (exact) mass is 209 g/mol. The SMILES string of the molecule is CC(=O)CC(=O)O.Cc1ccc(N)cc1. The second-order valence-electron chi connectivity index (χ2n) is 3.18. The molecule has 0 radical (unpaired) electrons. The predicted octanol–water partition coefficient (Wildman–Crippen LogP) is 1.63. The molecule has 0 saturated carbocycles. The summed E-state index contributed by atoms with van der Waals surface area (Å²) < 4.78 is 0. The van der Waals surface area contributed by atoms with Gasteiger partial charge in [0, 0.05) is 5.69 Å². The van der Waals surface area contributed by atoms with Gasteiger partial charge in [0.1, 0.15) is 12.2 Å². The number of hydrogen-bond acceptors (Lipinski definition) is 3. The molecule has 4 nitrogen and oxygen atoms in total. The highest BCUT2D eigenvalue weighted by molar-refractivity contribution is 5.93. The molecule has 0 saturated heterocycles. The molecule has 0 bridgehead atoms. The van der Waals surface area contributed by atoms with Crippen LogP contribution >= 0.6 is 0 Å². The zero-order valence-electron chi connectivity index (χ0n) is 8.86. The van der Waals surface area contributed by atoms with Crippen LogP contribution in [0.4, 0.5) is 5.69 Å². The number of ketones is 1. The Labute approximate surface area is 88.7 Å². The first-order chi connectivity index (χ1) is 6.91. The van der Waals surface area contributed by atoms with E-state index < -0.39 is 5.97 Å². The second-order valence-corrected chi connectivity index (χ2v) is 3.18. The number of carbonyl (C=O) groups excluding carboxylic acids is 1. The fourth-order valence-electron chi connectivity index (χ4n) is 0.779. The summed E-state index contributed by atoms with van der Waals surface area (Å²) in [6.45, 7) is 3.29. The molecule has 0 aliphatic heterocycles. The number of rotatable bonds is 2. The van der Waals surface area contributed by atoms with Gasteiger partial charge in [0.2, 0.25) is 0 Å². The van der Waals surface area contributed by atoms with Crippen LogP contribution in [0.5, 0.6) is 0 Å². The number of aryl methyl sites for hydroxylation is 1. The van der Waals surface area contributed by atoms with Crippen molar-refractivity contribution in [3.05, 3.63) is 29.8 Å². The van der Waals surface area contributed by atoms with Crippen molar-refractivity contribution in [2.45, 2.75) is 20.3 Å². The van der Waals surface area contributed by atoms with Gasteiger partial charge in [0.25, 0.3) is 0 Å². The maximum absolute atomic E-state index is 9.87. The first kappa shape index (κ1) is 13.2. The number of carbonyl (C=O) groups is 2. The Morgan fingerprint density at radius 2 is 1.73 bits per heavy atom. The number of nitrogen functional groups attached to an aromatic ring is 1. The summed E-state index contributed by atoms with van der Waals surface area (Å²) in [6.07, 6.45) is -0.361. The molecule has 0 aliphatic carbocycles. The van der Waals surface area contributed by atoms with Gasteiger partial charge in [-0.05, 0) is 26.0 Å². The minimum absolute atomic E-state index is 0.312. The Morgan fingerprint density at radius 1 is 1.27 bits per heavy atom. The van der Waals surface area contributed by atoms with E-state index in [1.165, 1.54) is 12.5 Å². The summed E-state index contributed by atoms with van der Waals surface area (Å²) in [4.78, 5) is 19.5. The molecule has 0 aromatic heterocycles. The van der Waals surface area contributed by atoms with Crippen LogP contribution in [-0.4, -0.2) is 16.9 Å². The molecular formula is C11H15NO3. The molecule has 1 aromatic rings. The molecule has 1 aromatic carbocycles. The van der Waals surface area contributed by atoms with Crippen molar-refractivity contribution < 1.29 is 14.7 Å². The van der Waals surface area contributed by atoms with E-state index in [0.717, 1.165) is 5.69 Å². The highest BCUT2D eigenvalue weighted by atomic mass is 16.4. The third kappa shape index (κ3) is 8.49. The standard InChI is InChI=1S/C7H9N.C4H6O3/c1-6-2-4-7(8)5-3-6;1-3(5)2-4(6)7/h2-5H,8H2,1H3;2H2,1H3,(H,6,7). The lowest BCUT2D eigenvalue weighted by Crippen LogP contribution is -2.00. The molecule has 0 unspecified atom stereocenters. The van der Waals surface area contributed by atoms with Gasteiger partial charge in [0.15, 0.2) is 0 Å². The van der Waals surface area contributed by atoms with E-state index in [-0.39, 0.29) is 12.2 Å². The van der Waals surface area contributed by atoms with Gasteiger partial charge < -0.3 is 10.8 Å². The third-order valence-electron chi connectivity index (χ3n) is 1.48. The number of aliphatic carboxylic acids is 1. The molecule has 82 valence electrons. The van der Waals surface area contributed by atoms with Crippen LogP contribution in [0, 0.1) is 6.92 Å². The Hall–Kier alpha value is -1.84. The van der Waals surface area contributed by atoms with Gasteiger partial charge in [-0.3, -0.25) is 9.59 Å². The summed E-state index contributed by atoms with van der Waals surface area (Å²) in [5, 5.41) is 7.86. The van der Waals surface area contributed by atoms with Gasteiger partial charge in [-0.2, -0.15) is 0 Å². The minimum Gasteiger partial charge on any atom is -0.481 e. The van der Waals surface area contributed by atoms with E-state index in [9.17, 15) is 9.59 Å². The zero-order chi connectivity index (χ0) is 11.8. The molecule has 0 atom stereocenters. The molecule has 3 N–H and O–H groups in total. The normalized spacial score (nSPS) is 8.67. The van der Waals surface area contributed by atoms with Gasteiger partial charge in [-0.15, -0.1) is 0 Å². The number of nitrogens with two attached hydrogens (primary N) is 1. The fourth-order valence-corrected chi connectivity index (χ4v) is 0.779. The van der Waals surface area contributed by atoms with Crippen molar-refractivity contribution in [3.8, 4) is 0 Å². The first-order valence-electron chi connectivity index (χ1n) is 4.45. The second kappa shape index (κ2) is 6.59. The summed E-state index contributed by atoms with van der Waals surface area (Å²) in [7, 11) is 0. The number of anilines is 1. The van der Waals surface area contributed by atoms with Gasteiger partial charge in [-0.1, -0.05) is 17.7 Å². The number of Topliss-reactive ketones (excluding diaryl/α,β-unsaturated/α-hetero) is 1. The lowest BCUT2D eigenvalue weighted by Gasteiger charge is -1.90. The highest BCUT2D eigenvalue weighted by Crippen LogP contribution is 2.02. The van der Waals surface area contributed by atoms with E-state index in [0.29, 0.717) is 0 Å². The van der Waals surface area contributed by atoms with Crippen LogP contribution < -0.4 is 5.73 Å². The van der Waals surface area contributed by atoms with Crippen LogP contribution in [0.3, 0.4) is 0 Å². The molecule has 0 aliphatic rings. The Bertz CT molecular complexity index is 297. The van der Waals surface area contributed by atoms with Crippen molar-refractivity contribution in [1.82, 2.24) is 0 Å². The lowest BCUT2D eigenvalue weighted by molar-refractivity contribution is -0.139. The maximum atomic E-state index is 9.87. The average Bonchev–Trinajstić information content (AvgIpc) is 2.09. The average molecular weight is 209 g/mol. The number of carboxylic acid groups (broad SMARTS) is 1. The molecule has 0 heterocycles. The number of benzene rings is 1. The Balaban J connectivity index is 0.000000265. The summed E-state index contributed by atoms with van der Waals surface area (Å²) in [5.74, 6) is -1.37. The van der Waals surface area contributed by atoms with Crippen LogP contribution in [0.1, 0.15) is 18.9 Å². The van der Waals surface area contributed by atoms with E-state index in [1.54, 1.807) is 0 Å². The van der Waals surface area contributed by atoms with Gasteiger partial charge >= 0.3 is 5.97 Å². The molecule has 0 amide bonds. The third-order valence-corrected chi connectivity index (χ3v) is 1.48. The number of hydrogen-bond donors (Lipinski definition) is 2. The molecule has 15 heavy (non-hydrogen) atoms. The number of carboxylic acids is 1. The summed E-state index contributed by atoms with van der Waals surface area (Å²) in [6, 6.07) is 7.79. The van der Waals surface area contributed by atoms with E-state index in [1.807, 2.05) is 31.2 Å². The molecule has 1 rings (SSSR count). The van der Waals surface area contributed by atoms with Crippen molar-refractivity contribution in [3.63, 3.8) is 0 Å². The molecular weight excluding hydrogens is 194 g/mol. The van der Waals surface area contributed by atoms with Crippen LogP contribution in [0.25, 0.3) is 0 Å². The maximum Gasteiger partial charge on any atom is 0.310 e. The van der Waals surface area contributed by atoms with E-state index in [2.05, 4.69) is 0 Å². The molecule has 0 fully saturated rings. The molecule has 4 heteroatoms. The zero-order valence-corrected chi connectivity index (χ0v) is 8.86. The Morgan fingerprint density at radius 3 is 1.93 bits per heavy atom. The quantitative estimate of drug-likeness (QED) is 0.573. The predicted molar refractivity (Wildman–Crippen MR) is 58.5 cm³/mol. The lowest BCUT2D eigenvalue weighted by atomic mass is 10.2. The Kier molecular flexibility index (Phi) is 5.78. The van der Waals surface area contributed by atoms with Crippen LogP contribution in [-0.2, 0) is 9.59 Å². The minimum atomic E-state index is -1.06. The summed E-state index contributed by atoms with van der Waals surface area (Å²) in [5.41, 5.74) is 7.51. The van der Waals surface area contributed by atoms with Crippen molar-refractivity contribution in [2.24, 2.45) is 0 Å². The van der Waals surface area contributed by atoms with E-state index in [4.69, 9.17) is 10.8 Å². The van der Waals surface area contributed by atoms with Crippen molar-refractivity contribution in [2.75, 3.05) is 5.73 Å². The van der Waals surface area contributed by atoms with Crippen LogP contribution in [0.15, 0.2) is 24.3 Å². The fraction of sp³-hybridized carbons (Fsp3) is 0.273. The van der Waals surface area contributed by atoms with Crippen LogP contribution in [0.2, 0.25) is 0 Å². The summed E-state index contributed by atoms with van der Waals surface area (Å²) >= 11 is 0. The van der Waals surface area contributed by atoms with Gasteiger partial charge in [0.05, 0.1) is 0 Å².